The monoisotopic (exact) mass is 314 g/mol. The molecule has 0 heterocycles. The molecular formula is C19H22O4. The minimum absolute atomic E-state index is 0.133. The topological polar surface area (TPSA) is 58.9 Å². The van der Waals surface area contributed by atoms with Crippen molar-refractivity contribution < 1.29 is 19.7 Å². The van der Waals surface area contributed by atoms with Crippen molar-refractivity contribution in [1.82, 2.24) is 0 Å². The van der Waals surface area contributed by atoms with Crippen LogP contribution in [0.4, 0.5) is 0 Å². The van der Waals surface area contributed by atoms with Crippen LogP contribution >= 0.6 is 0 Å². The first-order chi connectivity index (χ1) is 11.0. The van der Waals surface area contributed by atoms with E-state index in [-0.39, 0.29) is 11.5 Å². The summed E-state index contributed by atoms with van der Waals surface area (Å²) in [6, 6.07) is 10.6. The number of hydrogen-bond acceptors (Lipinski definition) is 4. The van der Waals surface area contributed by atoms with Crippen molar-refractivity contribution >= 4 is 6.08 Å². The first-order valence-electron chi connectivity index (χ1n) is 7.44. The van der Waals surface area contributed by atoms with Gasteiger partial charge in [-0.25, -0.2) is 0 Å². The van der Waals surface area contributed by atoms with Crippen LogP contribution in [0.25, 0.3) is 6.08 Å². The summed E-state index contributed by atoms with van der Waals surface area (Å²) in [5.41, 5.74) is 2.06. The number of benzene rings is 2. The number of ether oxygens (including phenoxy) is 2. The summed E-state index contributed by atoms with van der Waals surface area (Å²) in [5, 5.41) is 19.2. The Morgan fingerprint density at radius 3 is 2.22 bits per heavy atom. The third-order valence-corrected chi connectivity index (χ3v) is 3.62. The standard InChI is InChI=1S/C19H22O4/c1-13(10-15-7-9-17(21)19(12-15)23-3)4-5-14-6-8-16(20)18(11-14)22-2/h4-9,11-13,20-21H,10H2,1-3H3/b5-4+/t13-/m1/s1. The second kappa shape index (κ2) is 7.58. The third kappa shape index (κ3) is 4.42. The van der Waals surface area contributed by atoms with Crippen LogP contribution in [-0.2, 0) is 6.42 Å². The van der Waals surface area contributed by atoms with Crippen molar-refractivity contribution in [1.29, 1.82) is 0 Å². The Hall–Kier alpha value is -2.62. The molecule has 0 saturated heterocycles. The fourth-order valence-corrected chi connectivity index (χ4v) is 2.36. The van der Waals surface area contributed by atoms with E-state index in [1.807, 2.05) is 24.3 Å². The maximum atomic E-state index is 9.62. The molecule has 2 rings (SSSR count). The zero-order valence-corrected chi connectivity index (χ0v) is 13.6. The van der Waals surface area contributed by atoms with E-state index in [1.165, 1.54) is 7.11 Å². The fourth-order valence-electron chi connectivity index (χ4n) is 2.36. The van der Waals surface area contributed by atoms with Crippen LogP contribution < -0.4 is 9.47 Å². The molecule has 0 aliphatic carbocycles. The average molecular weight is 314 g/mol. The highest BCUT2D eigenvalue weighted by Crippen LogP contribution is 2.28. The number of hydrogen-bond donors (Lipinski definition) is 2. The number of phenolic OH excluding ortho intramolecular Hbond substituents is 2. The predicted molar refractivity (Wildman–Crippen MR) is 91.2 cm³/mol. The minimum Gasteiger partial charge on any atom is -0.504 e. The third-order valence-electron chi connectivity index (χ3n) is 3.62. The van der Waals surface area contributed by atoms with Gasteiger partial charge in [0.15, 0.2) is 23.0 Å². The SMILES string of the molecule is COc1cc(/C=C/[C@@H](C)Cc2ccc(O)c(OC)c2)ccc1O. The van der Waals surface area contributed by atoms with Crippen LogP contribution in [0, 0.1) is 5.92 Å². The molecule has 4 heteroatoms. The second-order valence-corrected chi connectivity index (χ2v) is 5.48. The van der Waals surface area contributed by atoms with E-state index in [4.69, 9.17) is 9.47 Å². The molecule has 0 radical (unpaired) electrons. The molecule has 4 nitrogen and oxygen atoms in total. The Balaban J connectivity index is 2.05. The number of rotatable bonds is 6. The highest BCUT2D eigenvalue weighted by atomic mass is 16.5. The van der Waals surface area contributed by atoms with Crippen molar-refractivity contribution in [3.63, 3.8) is 0 Å². The lowest BCUT2D eigenvalue weighted by Gasteiger charge is -2.10. The molecule has 2 N–H and O–H groups in total. The second-order valence-electron chi connectivity index (χ2n) is 5.48. The molecule has 0 spiro atoms. The summed E-state index contributed by atoms with van der Waals surface area (Å²) in [5.74, 6) is 1.54. The van der Waals surface area contributed by atoms with Crippen molar-refractivity contribution in [2.24, 2.45) is 5.92 Å². The van der Waals surface area contributed by atoms with Gasteiger partial charge in [-0.3, -0.25) is 0 Å². The van der Waals surface area contributed by atoms with E-state index in [0.717, 1.165) is 17.5 Å². The Bertz CT molecular complexity index is 692. The highest BCUT2D eigenvalue weighted by Gasteiger charge is 2.06. The molecule has 2 aromatic carbocycles. The summed E-state index contributed by atoms with van der Waals surface area (Å²) in [6.07, 6.45) is 4.94. The molecule has 1 atom stereocenters. The van der Waals surface area contributed by atoms with Crippen molar-refractivity contribution in [3.05, 3.63) is 53.6 Å². The van der Waals surface area contributed by atoms with Gasteiger partial charge in [0.25, 0.3) is 0 Å². The largest absolute Gasteiger partial charge is 0.504 e. The molecule has 23 heavy (non-hydrogen) atoms. The van der Waals surface area contributed by atoms with Crippen molar-refractivity contribution in [2.75, 3.05) is 14.2 Å². The van der Waals surface area contributed by atoms with E-state index < -0.39 is 0 Å². The van der Waals surface area contributed by atoms with Gasteiger partial charge in [0, 0.05) is 0 Å². The highest BCUT2D eigenvalue weighted by molar-refractivity contribution is 5.55. The van der Waals surface area contributed by atoms with Gasteiger partial charge in [0.05, 0.1) is 14.2 Å². The summed E-state index contributed by atoms with van der Waals surface area (Å²) >= 11 is 0. The lowest BCUT2D eigenvalue weighted by atomic mass is 9.99. The molecule has 0 fully saturated rings. The number of phenols is 2. The summed E-state index contributed by atoms with van der Waals surface area (Å²) in [7, 11) is 3.07. The van der Waals surface area contributed by atoms with E-state index in [1.54, 1.807) is 25.3 Å². The first-order valence-corrected chi connectivity index (χ1v) is 7.44. The molecule has 0 amide bonds. The molecule has 122 valence electrons. The van der Waals surface area contributed by atoms with Crippen LogP contribution in [0.15, 0.2) is 42.5 Å². The van der Waals surface area contributed by atoms with Gasteiger partial charge < -0.3 is 19.7 Å². The number of allylic oxidation sites excluding steroid dienone is 1. The van der Waals surface area contributed by atoms with Crippen molar-refractivity contribution in [3.8, 4) is 23.0 Å². The summed E-state index contributed by atoms with van der Waals surface area (Å²) in [6.45, 7) is 2.12. The van der Waals surface area contributed by atoms with E-state index in [9.17, 15) is 10.2 Å². The molecule has 2 aromatic rings. The molecule has 0 unspecified atom stereocenters. The van der Waals surface area contributed by atoms with Crippen molar-refractivity contribution in [2.45, 2.75) is 13.3 Å². The minimum atomic E-state index is 0.133. The smallest absolute Gasteiger partial charge is 0.161 e. The zero-order chi connectivity index (χ0) is 16.8. The summed E-state index contributed by atoms with van der Waals surface area (Å²) < 4.78 is 10.2. The van der Waals surface area contributed by atoms with Crippen LogP contribution in [0.2, 0.25) is 0 Å². The molecular weight excluding hydrogens is 292 g/mol. The van der Waals surface area contributed by atoms with E-state index in [0.29, 0.717) is 17.4 Å². The lowest BCUT2D eigenvalue weighted by Crippen LogP contribution is -1.96. The van der Waals surface area contributed by atoms with Crippen LogP contribution in [0.1, 0.15) is 18.1 Å². The quantitative estimate of drug-likeness (QED) is 0.846. The molecule has 0 aliphatic rings. The van der Waals surface area contributed by atoms with Gasteiger partial charge in [-0.1, -0.05) is 31.2 Å². The first kappa shape index (κ1) is 16.7. The van der Waals surface area contributed by atoms with Gasteiger partial charge in [-0.15, -0.1) is 0 Å². The van der Waals surface area contributed by atoms with Gasteiger partial charge >= 0.3 is 0 Å². The summed E-state index contributed by atoms with van der Waals surface area (Å²) in [4.78, 5) is 0. The Labute approximate surface area is 136 Å². The zero-order valence-electron chi connectivity index (χ0n) is 13.6. The molecule has 0 aliphatic heterocycles. The Morgan fingerprint density at radius 1 is 0.957 bits per heavy atom. The van der Waals surface area contributed by atoms with E-state index in [2.05, 4.69) is 13.0 Å². The Morgan fingerprint density at radius 2 is 1.57 bits per heavy atom. The molecule has 0 bridgehead atoms. The lowest BCUT2D eigenvalue weighted by molar-refractivity contribution is 0.373. The maximum absolute atomic E-state index is 9.62. The van der Waals surface area contributed by atoms with E-state index >= 15 is 0 Å². The molecule has 0 aromatic heterocycles. The number of methoxy groups -OCH3 is 2. The fraction of sp³-hybridized carbons (Fsp3) is 0.263. The van der Waals surface area contributed by atoms with Crippen LogP contribution in [0.5, 0.6) is 23.0 Å². The normalized spacial score (nSPS) is 12.3. The average Bonchev–Trinajstić information content (AvgIpc) is 2.55. The predicted octanol–water partition coefficient (Wildman–Crippen LogP) is 4.01. The van der Waals surface area contributed by atoms with Crippen LogP contribution in [-0.4, -0.2) is 24.4 Å². The van der Waals surface area contributed by atoms with Gasteiger partial charge in [0.2, 0.25) is 0 Å². The number of aromatic hydroxyl groups is 2. The van der Waals surface area contributed by atoms with Gasteiger partial charge in [0.1, 0.15) is 0 Å². The molecule has 0 saturated carbocycles. The van der Waals surface area contributed by atoms with Gasteiger partial charge in [-0.05, 0) is 47.7 Å². The van der Waals surface area contributed by atoms with Gasteiger partial charge in [-0.2, -0.15) is 0 Å². The Kier molecular flexibility index (Phi) is 5.52. The maximum Gasteiger partial charge on any atom is 0.161 e. The van der Waals surface area contributed by atoms with Crippen LogP contribution in [0.3, 0.4) is 0 Å².